The maximum Gasteiger partial charge on any atom is 0.337 e. The predicted molar refractivity (Wildman–Crippen MR) is 121 cm³/mol. The van der Waals surface area contributed by atoms with E-state index in [1.165, 1.54) is 32.4 Å². The topological polar surface area (TPSA) is 102 Å². The van der Waals surface area contributed by atoms with Crippen molar-refractivity contribution in [3.63, 3.8) is 0 Å². The molecule has 32 heavy (non-hydrogen) atoms. The second-order valence-electron chi connectivity index (χ2n) is 7.16. The van der Waals surface area contributed by atoms with E-state index in [-0.39, 0.29) is 22.7 Å². The van der Waals surface area contributed by atoms with Gasteiger partial charge < -0.3 is 19.7 Å². The van der Waals surface area contributed by atoms with Crippen molar-refractivity contribution < 1.29 is 28.7 Å². The summed E-state index contributed by atoms with van der Waals surface area (Å²) in [6, 6.07) is 10.7. The summed E-state index contributed by atoms with van der Waals surface area (Å²) in [5.41, 5.74) is 1.89. The summed E-state index contributed by atoms with van der Waals surface area (Å²) in [6.07, 6.45) is 2.38. The minimum atomic E-state index is -0.717. The van der Waals surface area contributed by atoms with Crippen molar-refractivity contribution >= 4 is 41.2 Å². The van der Waals surface area contributed by atoms with E-state index in [1.54, 1.807) is 28.8 Å². The molecule has 168 valence electrons. The first-order valence-corrected chi connectivity index (χ1v) is 11.3. The molecule has 1 heterocycles. The van der Waals surface area contributed by atoms with Gasteiger partial charge in [0.2, 0.25) is 5.91 Å². The first-order chi connectivity index (χ1) is 15.4. The number of amides is 2. The Hall–Kier alpha value is -3.33. The normalized spacial score (nSPS) is 13.3. The van der Waals surface area contributed by atoms with E-state index in [0.717, 1.165) is 5.56 Å². The maximum absolute atomic E-state index is 13.3. The van der Waals surface area contributed by atoms with Crippen molar-refractivity contribution in [3.05, 3.63) is 64.7 Å². The Labute approximate surface area is 190 Å². The molecule has 0 spiro atoms. The van der Waals surface area contributed by atoms with Crippen molar-refractivity contribution in [2.75, 3.05) is 31.5 Å². The standard InChI is InChI=1S/C23H24N2O6S/c1-30-22(28)15-10-16(23(29)31-2)12-17(11-15)24-20(26)19(8-9-32-3)25-13-14-6-4-5-7-18(14)21(25)27/h4-7,10-12,19H,8-9,13H2,1-3H3,(H,24,26)/t19-/m0/s1. The lowest BCUT2D eigenvalue weighted by molar-refractivity contribution is -0.120. The van der Waals surface area contributed by atoms with Crippen LogP contribution in [0.15, 0.2) is 42.5 Å². The van der Waals surface area contributed by atoms with E-state index >= 15 is 0 Å². The second kappa shape index (κ2) is 10.3. The Morgan fingerprint density at radius 1 is 1.06 bits per heavy atom. The molecule has 0 aromatic heterocycles. The molecule has 2 aromatic carbocycles. The number of hydrogen-bond acceptors (Lipinski definition) is 7. The highest BCUT2D eigenvalue weighted by Crippen LogP contribution is 2.27. The van der Waals surface area contributed by atoms with Gasteiger partial charge in [-0.3, -0.25) is 9.59 Å². The maximum atomic E-state index is 13.3. The molecule has 1 atom stereocenters. The quantitative estimate of drug-likeness (QED) is 0.609. The Bertz CT molecular complexity index is 1020. The van der Waals surface area contributed by atoms with Gasteiger partial charge in [0.25, 0.3) is 5.91 Å². The third-order valence-corrected chi connectivity index (χ3v) is 5.81. The molecule has 1 N–H and O–H groups in total. The Morgan fingerprint density at radius 3 is 2.25 bits per heavy atom. The number of esters is 2. The summed E-state index contributed by atoms with van der Waals surface area (Å²) in [5, 5.41) is 2.76. The van der Waals surface area contributed by atoms with E-state index < -0.39 is 23.9 Å². The number of ether oxygens (including phenoxy) is 2. The van der Waals surface area contributed by atoms with E-state index in [1.807, 2.05) is 18.4 Å². The van der Waals surface area contributed by atoms with E-state index in [4.69, 9.17) is 9.47 Å². The second-order valence-corrected chi connectivity index (χ2v) is 8.14. The monoisotopic (exact) mass is 456 g/mol. The molecular weight excluding hydrogens is 432 g/mol. The van der Waals surface area contributed by atoms with Crippen LogP contribution in [0.3, 0.4) is 0 Å². The minimum absolute atomic E-state index is 0.0935. The van der Waals surface area contributed by atoms with Crippen LogP contribution in [0.1, 0.15) is 43.1 Å². The Balaban J connectivity index is 1.89. The molecule has 3 rings (SSSR count). The predicted octanol–water partition coefficient (Wildman–Crippen LogP) is 2.98. The molecule has 1 aliphatic heterocycles. The lowest BCUT2D eigenvalue weighted by Gasteiger charge is -2.27. The molecule has 0 radical (unpaired) electrons. The number of fused-ring (bicyclic) bond motifs is 1. The van der Waals surface area contributed by atoms with Crippen LogP contribution in [0.4, 0.5) is 5.69 Å². The van der Waals surface area contributed by atoms with Gasteiger partial charge in [-0.15, -0.1) is 0 Å². The highest BCUT2D eigenvalue weighted by molar-refractivity contribution is 7.98. The summed E-state index contributed by atoms with van der Waals surface area (Å²) in [4.78, 5) is 51.8. The molecule has 2 aromatic rings. The first kappa shape index (κ1) is 23.3. The molecule has 0 fully saturated rings. The van der Waals surface area contributed by atoms with Gasteiger partial charge in [-0.1, -0.05) is 18.2 Å². The van der Waals surface area contributed by atoms with Crippen LogP contribution in [-0.4, -0.2) is 60.9 Å². The summed E-state index contributed by atoms with van der Waals surface area (Å²) < 4.78 is 9.47. The number of hydrogen-bond donors (Lipinski definition) is 1. The summed E-state index contributed by atoms with van der Waals surface area (Å²) in [5.74, 6) is -1.24. The van der Waals surface area contributed by atoms with E-state index in [2.05, 4.69) is 5.32 Å². The van der Waals surface area contributed by atoms with Crippen molar-refractivity contribution in [2.45, 2.75) is 19.0 Å². The lowest BCUT2D eigenvalue weighted by Crippen LogP contribution is -2.44. The average molecular weight is 457 g/mol. The number of anilines is 1. The van der Waals surface area contributed by atoms with Crippen molar-refractivity contribution in [2.24, 2.45) is 0 Å². The number of benzene rings is 2. The van der Waals surface area contributed by atoms with Crippen LogP contribution in [-0.2, 0) is 20.8 Å². The number of carbonyl (C=O) groups excluding carboxylic acids is 4. The van der Waals surface area contributed by atoms with Gasteiger partial charge in [-0.25, -0.2) is 9.59 Å². The molecule has 0 saturated heterocycles. The van der Waals surface area contributed by atoms with Crippen LogP contribution in [0, 0.1) is 0 Å². The molecule has 0 bridgehead atoms. The Morgan fingerprint density at radius 2 is 1.69 bits per heavy atom. The van der Waals surface area contributed by atoms with Crippen molar-refractivity contribution in [3.8, 4) is 0 Å². The molecule has 0 unspecified atom stereocenters. The van der Waals surface area contributed by atoms with Gasteiger partial charge >= 0.3 is 11.9 Å². The van der Waals surface area contributed by atoms with Gasteiger partial charge in [-0.2, -0.15) is 11.8 Å². The average Bonchev–Trinajstić information content (AvgIpc) is 3.14. The number of carbonyl (C=O) groups is 4. The van der Waals surface area contributed by atoms with Gasteiger partial charge in [0.15, 0.2) is 0 Å². The molecule has 8 nitrogen and oxygen atoms in total. The van der Waals surface area contributed by atoms with Crippen LogP contribution >= 0.6 is 11.8 Å². The summed E-state index contributed by atoms with van der Waals surface area (Å²) in [7, 11) is 2.45. The molecular formula is C23H24N2O6S. The summed E-state index contributed by atoms with van der Waals surface area (Å²) in [6.45, 7) is 0.344. The number of methoxy groups -OCH3 is 2. The minimum Gasteiger partial charge on any atom is -0.465 e. The van der Waals surface area contributed by atoms with Crippen molar-refractivity contribution in [1.82, 2.24) is 4.90 Å². The third kappa shape index (κ3) is 4.94. The fourth-order valence-corrected chi connectivity index (χ4v) is 4.04. The van der Waals surface area contributed by atoms with Crippen LogP contribution in [0.2, 0.25) is 0 Å². The fourth-order valence-electron chi connectivity index (χ4n) is 3.58. The van der Waals surface area contributed by atoms with Gasteiger partial charge in [-0.05, 0) is 48.3 Å². The van der Waals surface area contributed by atoms with Gasteiger partial charge in [0.05, 0.1) is 25.3 Å². The summed E-state index contributed by atoms with van der Waals surface area (Å²) >= 11 is 1.58. The SMILES string of the molecule is COC(=O)c1cc(NC(=O)[C@H](CCSC)N2Cc3ccccc3C2=O)cc(C(=O)OC)c1. The molecule has 0 saturated carbocycles. The molecule has 0 aliphatic carbocycles. The highest BCUT2D eigenvalue weighted by atomic mass is 32.2. The van der Waals surface area contributed by atoms with Crippen LogP contribution in [0.5, 0.6) is 0 Å². The lowest BCUT2D eigenvalue weighted by atomic mass is 10.1. The van der Waals surface area contributed by atoms with Gasteiger partial charge in [0, 0.05) is 17.8 Å². The number of nitrogens with one attached hydrogen (secondary N) is 1. The molecule has 9 heteroatoms. The van der Waals surface area contributed by atoms with Crippen LogP contribution in [0.25, 0.3) is 0 Å². The van der Waals surface area contributed by atoms with Crippen molar-refractivity contribution in [1.29, 1.82) is 0 Å². The highest BCUT2D eigenvalue weighted by Gasteiger charge is 2.36. The van der Waals surface area contributed by atoms with E-state index in [9.17, 15) is 19.2 Å². The Kier molecular flexibility index (Phi) is 7.53. The number of thioether (sulfide) groups is 1. The van der Waals surface area contributed by atoms with Crippen LogP contribution < -0.4 is 5.32 Å². The third-order valence-electron chi connectivity index (χ3n) is 5.17. The largest absolute Gasteiger partial charge is 0.465 e. The zero-order valence-corrected chi connectivity index (χ0v) is 18.9. The zero-order valence-electron chi connectivity index (χ0n) is 18.0. The zero-order chi connectivity index (χ0) is 23.3. The number of nitrogens with zero attached hydrogens (tertiary/aromatic N) is 1. The number of rotatable bonds is 8. The first-order valence-electron chi connectivity index (χ1n) is 9.90. The van der Waals surface area contributed by atoms with Gasteiger partial charge in [0.1, 0.15) is 6.04 Å². The molecule has 2 amide bonds. The van der Waals surface area contributed by atoms with E-state index in [0.29, 0.717) is 24.3 Å². The smallest absolute Gasteiger partial charge is 0.337 e. The molecule has 1 aliphatic rings. The fraction of sp³-hybridized carbons (Fsp3) is 0.304.